The van der Waals surface area contributed by atoms with Gasteiger partial charge < -0.3 is 15.0 Å². The minimum absolute atomic E-state index is 0. The molecule has 2 aromatic heterocycles. The molecule has 2 atom stereocenters. The Morgan fingerprint density at radius 2 is 2.03 bits per heavy atom. The van der Waals surface area contributed by atoms with E-state index >= 15 is 0 Å². The zero-order valence-electron chi connectivity index (χ0n) is 18.2. The molecule has 3 aromatic rings. The van der Waals surface area contributed by atoms with E-state index in [1.165, 1.54) is 12.1 Å². The maximum absolute atomic E-state index is 13.3. The maximum atomic E-state index is 13.3. The van der Waals surface area contributed by atoms with Gasteiger partial charge in [-0.25, -0.2) is 19.0 Å². The van der Waals surface area contributed by atoms with E-state index in [2.05, 4.69) is 27.2 Å². The predicted molar refractivity (Wildman–Crippen MR) is 133 cm³/mol. The van der Waals surface area contributed by atoms with E-state index < -0.39 is 0 Å². The van der Waals surface area contributed by atoms with Gasteiger partial charge >= 0.3 is 0 Å². The molecule has 0 amide bonds. The van der Waals surface area contributed by atoms with E-state index in [-0.39, 0.29) is 42.0 Å². The number of pyridine rings is 1. The van der Waals surface area contributed by atoms with E-state index in [0.29, 0.717) is 13.1 Å². The van der Waals surface area contributed by atoms with Crippen LogP contribution in [0.1, 0.15) is 31.1 Å². The Labute approximate surface area is 204 Å². The lowest BCUT2D eigenvalue weighted by atomic mass is 10.1. The Balaban J connectivity index is 0.00000289. The fourth-order valence-corrected chi connectivity index (χ4v) is 3.67. The van der Waals surface area contributed by atoms with Crippen molar-refractivity contribution in [3.63, 3.8) is 0 Å². The first-order valence-corrected chi connectivity index (χ1v) is 10.5. The van der Waals surface area contributed by atoms with Crippen molar-refractivity contribution < 1.29 is 9.13 Å². The number of nitrogens with zero attached hydrogens (tertiary/aromatic N) is 5. The smallest absolute Gasteiger partial charge is 0.194 e. The highest BCUT2D eigenvalue weighted by molar-refractivity contribution is 14.0. The number of morpholine rings is 1. The second kappa shape index (κ2) is 11.4. The van der Waals surface area contributed by atoms with Crippen LogP contribution in [0.25, 0.3) is 5.82 Å². The van der Waals surface area contributed by atoms with Crippen LogP contribution in [0, 0.1) is 5.82 Å². The molecule has 0 radical (unpaired) electrons. The van der Waals surface area contributed by atoms with Crippen LogP contribution in [0.5, 0.6) is 0 Å². The molecule has 1 fully saturated rings. The summed E-state index contributed by atoms with van der Waals surface area (Å²) in [7, 11) is 0. The molecule has 1 aromatic carbocycles. The number of aromatic nitrogens is 3. The minimum atomic E-state index is -0.244. The normalized spacial score (nSPS) is 18.8. The van der Waals surface area contributed by atoms with Crippen molar-refractivity contribution in [3.8, 4) is 5.82 Å². The van der Waals surface area contributed by atoms with E-state index in [0.717, 1.165) is 36.0 Å². The van der Waals surface area contributed by atoms with E-state index in [1.807, 2.05) is 31.3 Å². The molecule has 9 heteroatoms. The first-order chi connectivity index (χ1) is 15.1. The SMILES string of the molecule is CCNC(=NCc1ccnc(-n2cccn2)c1)N1CC(C)OC(c2ccc(F)cc2)C1.I. The van der Waals surface area contributed by atoms with Gasteiger partial charge in [0.05, 0.1) is 19.2 Å². The Hall–Kier alpha value is -2.53. The number of ether oxygens (including phenoxy) is 1. The number of nitrogens with one attached hydrogen (secondary N) is 1. The molecule has 32 heavy (non-hydrogen) atoms. The Morgan fingerprint density at radius 3 is 2.75 bits per heavy atom. The highest BCUT2D eigenvalue weighted by atomic mass is 127. The molecule has 1 N–H and O–H groups in total. The van der Waals surface area contributed by atoms with Crippen molar-refractivity contribution in [2.75, 3.05) is 19.6 Å². The third-order valence-corrected chi connectivity index (χ3v) is 5.10. The first-order valence-electron chi connectivity index (χ1n) is 10.5. The third kappa shape index (κ3) is 6.04. The van der Waals surface area contributed by atoms with Gasteiger partial charge in [0.25, 0.3) is 0 Å². The number of halogens is 2. The number of aliphatic imine (C=N–C) groups is 1. The van der Waals surface area contributed by atoms with Crippen LogP contribution < -0.4 is 5.32 Å². The van der Waals surface area contributed by atoms with Gasteiger partial charge in [-0.05, 0) is 55.3 Å². The maximum Gasteiger partial charge on any atom is 0.194 e. The largest absolute Gasteiger partial charge is 0.367 e. The summed E-state index contributed by atoms with van der Waals surface area (Å²) < 4.78 is 21.2. The molecule has 1 aliphatic heterocycles. The summed E-state index contributed by atoms with van der Waals surface area (Å²) in [5.41, 5.74) is 2.01. The van der Waals surface area contributed by atoms with Crippen LogP contribution in [0.2, 0.25) is 0 Å². The Kier molecular flexibility index (Phi) is 8.57. The summed E-state index contributed by atoms with van der Waals surface area (Å²) in [4.78, 5) is 11.5. The lowest BCUT2D eigenvalue weighted by Crippen LogP contribution is -2.50. The van der Waals surface area contributed by atoms with Crippen molar-refractivity contribution >= 4 is 29.9 Å². The molecule has 4 rings (SSSR count). The monoisotopic (exact) mass is 550 g/mol. The van der Waals surface area contributed by atoms with Gasteiger partial charge in [0, 0.05) is 31.7 Å². The zero-order valence-corrected chi connectivity index (χ0v) is 20.5. The summed E-state index contributed by atoms with van der Waals surface area (Å²) in [6, 6.07) is 12.3. The van der Waals surface area contributed by atoms with Crippen LogP contribution in [-0.2, 0) is 11.3 Å². The average Bonchev–Trinajstić information content (AvgIpc) is 3.32. The molecule has 170 valence electrons. The van der Waals surface area contributed by atoms with Crippen molar-refractivity contribution in [3.05, 3.63) is 78.0 Å². The van der Waals surface area contributed by atoms with E-state index in [4.69, 9.17) is 9.73 Å². The molecule has 2 unspecified atom stereocenters. The molecule has 0 aliphatic carbocycles. The fourth-order valence-electron chi connectivity index (χ4n) is 3.67. The average molecular weight is 550 g/mol. The molecular formula is C23H28FIN6O. The Bertz CT molecular complexity index is 1010. The molecule has 7 nitrogen and oxygen atoms in total. The van der Waals surface area contributed by atoms with Crippen LogP contribution in [0.15, 0.2) is 66.0 Å². The van der Waals surface area contributed by atoms with Gasteiger partial charge in [-0.3, -0.25) is 0 Å². The second-order valence-electron chi connectivity index (χ2n) is 7.53. The molecule has 0 saturated carbocycles. The number of hydrogen-bond acceptors (Lipinski definition) is 4. The zero-order chi connectivity index (χ0) is 21.6. The fraction of sp³-hybridized carbons (Fsp3) is 0.348. The second-order valence-corrected chi connectivity index (χ2v) is 7.53. The van der Waals surface area contributed by atoms with Gasteiger partial charge in [0.2, 0.25) is 0 Å². The highest BCUT2D eigenvalue weighted by Gasteiger charge is 2.28. The van der Waals surface area contributed by atoms with Crippen LogP contribution in [0.4, 0.5) is 4.39 Å². The van der Waals surface area contributed by atoms with Gasteiger partial charge in [0.15, 0.2) is 11.8 Å². The summed E-state index contributed by atoms with van der Waals surface area (Å²) in [6.07, 6.45) is 5.26. The van der Waals surface area contributed by atoms with Gasteiger partial charge in [-0.15, -0.1) is 24.0 Å². The number of hydrogen-bond donors (Lipinski definition) is 1. The minimum Gasteiger partial charge on any atom is -0.367 e. The van der Waals surface area contributed by atoms with Crippen molar-refractivity contribution in [1.82, 2.24) is 25.0 Å². The van der Waals surface area contributed by atoms with Crippen molar-refractivity contribution in [2.24, 2.45) is 4.99 Å². The van der Waals surface area contributed by atoms with Crippen LogP contribution in [0.3, 0.4) is 0 Å². The summed E-state index contributed by atoms with van der Waals surface area (Å²) in [6.45, 7) is 6.77. The number of rotatable bonds is 5. The molecule has 1 saturated heterocycles. The predicted octanol–water partition coefficient (Wildman–Crippen LogP) is 3.95. The van der Waals surface area contributed by atoms with E-state index in [9.17, 15) is 4.39 Å². The number of benzene rings is 1. The van der Waals surface area contributed by atoms with Crippen LogP contribution in [-0.4, -0.2) is 51.4 Å². The Morgan fingerprint density at radius 1 is 1.22 bits per heavy atom. The summed E-state index contributed by atoms with van der Waals surface area (Å²) in [5, 5.41) is 7.63. The molecule has 0 bridgehead atoms. The summed E-state index contributed by atoms with van der Waals surface area (Å²) in [5.74, 6) is 1.35. The lowest BCUT2D eigenvalue weighted by molar-refractivity contribution is -0.0605. The third-order valence-electron chi connectivity index (χ3n) is 5.10. The summed E-state index contributed by atoms with van der Waals surface area (Å²) >= 11 is 0. The van der Waals surface area contributed by atoms with Crippen molar-refractivity contribution in [1.29, 1.82) is 0 Å². The van der Waals surface area contributed by atoms with Crippen molar-refractivity contribution in [2.45, 2.75) is 32.6 Å². The first kappa shape index (κ1) is 24.1. The van der Waals surface area contributed by atoms with E-state index in [1.54, 1.807) is 29.2 Å². The van der Waals surface area contributed by atoms with Crippen LogP contribution >= 0.6 is 24.0 Å². The molecule has 1 aliphatic rings. The molecular weight excluding hydrogens is 522 g/mol. The lowest BCUT2D eigenvalue weighted by Gasteiger charge is -2.38. The van der Waals surface area contributed by atoms with Gasteiger partial charge in [0.1, 0.15) is 11.9 Å². The molecule has 0 spiro atoms. The van der Waals surface area contributed by atoms with Gasteiger partial charge in [-0.1, -0.05) is 12.1 Å². The topological polar surface area (TPSA) is 67.6 Å². The standard InChI is InChI=1S/C23H27FN6O.HI/c1-3-25-23(27-14-18-9-11-26-22(13-18)30-12-4-10-28-30)29-15-17(2)31-21(16-29)19-5-7-20(24)8-6-19;/h4-13,17,21H,3,14-16H2,1-2H3,(H,25,27);1H. The number of guanidine groups is 1. The highest BCUT2D eigenvalue weighted by Crippen LogP contribution is 2.25. The molecule has 3 heterocycles. The van der Waals surface area contributed by atoms with Gasteiger partial charge in [-0.2, -0.15) is 5.10 Å². The quantitative estimate of drug-likeness (QED) is 0.296.